The third-order valence-electron chi connectivity index (χ3n) is 5.16. The Morgan fingerprint density at radius 2 is 1.96 bits per heavy atom. The van der Waals surface area contributed by atoms with Gasteiger partial charge >= 0.3 is 5.97 Å². The molecular weight excluding hydrogens is 322 g/mol. The number of thiophene rings is 1. The van der Waals surface area contributed by atoms with Crippen molar-refractivity contribution in [1.82, 2.24) is 4.90 Å². The van der Waals surface area contributed by atoms with Crippen molar-refractivity contribution in [3.8, 4) is 0 Å². The van der Waals surface area contributed by atoms with Crippen molar-refractivity contribution in [2.45, 2.75) is 38.3 Å². The summed E-state index contributed by atoms with van der Waals surface area (Å²) in [4.78, 5) is 27.5. The van der Waals surface area contributed by atoms with E-state index in [9.17, 15) is 14.7 Å². The molecule has 124 valence electrons. The van der Waals surface area contributed by atoms with E-state index in [2.05, 4.69) is 18.4 Å². The number of aryl methyl sites for hydroxylation is 1. The molecule has 1 aliphatic carbocycles. The molecule has 0 spiro atoms. The number of fused-ring (bicyclic) bond motifs is 1. The van der Waals surface area contributed by atoms with Crippen LogP contribution in [0.1, 0.15) is 33.9 Å². The van der Waals surface area contributed by atoms with Crippen molar-refractivity contribution >= 4 is 23.2 Å². The molecule has 1 saturated carbocycles. The Bertz CT molecular complexity index is 812. The maximum absolute atomic E-state index is 13.0. The van der Waals surface area contributed by atoms with E-state index < -0.39 is 12.0 Å². The third-order valence-corrected chi connectivity index (χ3v) is 6.31. The number of hydrogen-bond donors (Lipinski definition) is 1. The molecule has 1 N–H and O–H groups in total. The Hall–Kier alpha value is -2.14. The number of carbonyl (C=O) groups excluding carboxylic acids is 1. The second kappa shape index (κ2) is 5.74. The summed E-state index contributed by atoms with van der Waals surface area (Å²) in [5.41, 5.74) is 3.34. The number of carboxylic acid groups (broad SMARTS) is 1. The van der Waals surface area contributed by atoms with Gasteiger partial charge in [-0.25, -0.2) is 4.79 Å². The zero-order valence-corrected chi connectivity index (χ0v) is 14.3. The molecular formula is C19H19NO3S. The Labute approximate surface area is 144 Å². The van der Waals surface area contributed by atoms with Gasteiger partial charge in [0.05, 0.1) is 0 Å². The average molecular weight is 341 g/mol. The Kier molecular flexibility index (Phi) is 3.68. The van der Waals surface area contributed by atoms with E-state index in [4.69, 9.17) is 0 Å². The number of nitrogens with zero attached hydrogens (tertiary/aromatic N) is 1. The molecule has 0 saturated heterocycles. The predicted octanol–water partition coefficient (Wildman–Crippen LogP) is 3.20. The third kappa shape index (κ3) is 2.53. The molecule has 0 bridgehead atoms. The van der Waals surface area contributed by atoms with E-state index in [1.165, 1.54) is 10.4 Å². The van der Waals surface area contributed by atoms with Crippen molar-refractivity contribution in [3.05, 3.63) is 57.3 Å². The van der Waals surface area contributed by atoms with E-state index in [0.29, 0.717) is 13.0 Å². The van der Waals surface area contributed by atoms with Crippen molar-refractivity contribution in [3.63, 3.8) is 0 Å². The zero-order valence-electron chi connectivity index (χ0n) is 13.4. The van der Waals surface area contributed by atoms with Crippen LogP contribution in [0.5, 0.6) is 0 Å². The van der Waals surface area contributed by atoms with E-state index in [0.717, 1.165) is 17.5 Å². The van der Waals surface area contributed by atoms with Gasteiger partial charge in [-0.3, -0.25) is 4.79 Å². The highest BCUT2D eigenvalue weighted by molar-refractivity contribution is 7.10. The Balaban J connectivity index is 1.57. The average Bonchev–Trinajstić information content (AvgIpc) is 3.26. The lowest BCUT2D eigenvalue weighted by atomic mass is 9.93. The predicted molar refractivity (Wildman–Crippen MR) is 92.0 cm³/mol. The normalized spacial score (nSPS) is 25.2. The summed E-state index contributed by atoms with van der Waals surface area (Å²) < 4.78 is 0. The minimum absolute atomic E-state index is 0.00490. The van der Waals surface area contributed by atoms with Crippen LogP contribution in [0.15, 0.2) is 35.7 Å². The molecule has 1 aliphatic heterocycles. The monoisotopic (exact) mass is 341 g/mol. The molecule has 1 aromatic heterocycles. The number of amides is 1. The van der Waals surface area contributed by atoms with Gasteiger partial charge in [-0.1, -0.05) is 24.3 Å². The van der Waals surface area contributed by atoms with Crippen LogP contribution in [-0.2, 0) is 22.6 Å². The van der Waals surface area contributed by atoms with Gasteiger partial charge in [-0.15, -0.1) is 11.3 Å². The van der Waals surface area contributed by atoms with Crippen LogP contribution in [0.3, 0.4) is 0 Å². The smallest absolute Gasteiger partial charge is 0.326 e. The lowest BCUT2D eigenvalue weighted by Gasteiger charge is -2.34. The summed E-state index contributed by atoms with van der Waals surface area (Å²) in [6, 6.07) is 9.14. The molecule has 0 unspecified atom stereocenters. The summed E-state index contributed by atoms with van der Waals surface area (Å²) in [7, 11) is 0. The number of rotatable bonds is 3. The van der Waals surface area contributed by atoms with Gasteiger partial charge in [0.2, 0.25) is 5.91 Å². The summed E-state index contributed by atoms with van der Waals surface area (Å²) in [6.45, 7) is 2.47. The van der Waals surface area contributed by atoms with Crippen LogP contribution in [0, 0.1) is 12.8 Å². The molecule has 2 aliphatic rings. The van der Waals surface area contributed by atoms with Gasteiger partial charge in [0.1, 0.15) is 6.04 Å². The van der Waals surface area contributed by atoms with Crippen LogP contribution in [-0.4, -0.2) is 27.9 Å². The molecule has 1 amide bonds. The highest BCUT2D eigenvalue weighted by Crippen LogP contribution is 2.51. The molecule has 0 radical (unpaired) electrons. The van der Waals surface area contributed by atoms with Gasteiger partial charge in [0.15, 0.2) is 0 Å². The van der Waals surface area contributed by atoms with Crippen LogP contribution in [0.2, 0.25) is 0 Å². The standard InChI is InChI=1S/C19H19NO3S/c1-11-6-7-24-17(11)14-9-15(14)18(21)20-10-13-5-3-2-4-12(13)8-16(20)19(22)23/h2-7,14-16H,8-10H2,1H3,(H,22,23)/t14-,15-,16-/m1/s1. The number of benzene rings is 1. The lowest BCUT2D eigenvalue weighted by Crippen LogP contribution is -2.49. The topological polar surface area (TPSA) is 57.6 Å². The fourth-order valence-electron chi connectivity index (χ4n) is 3.71. The first-order valence-corrected chi connectivity index (χ1v) is 9.08. The van der Waals surface area contributed by atoms with Gasteiger partial charge < -0.3 is 10.0 Å². The van der Waals surface area contributed by atoms with E-state index in [1.54, 1.807) is 16.2 Å². The quantitative estimate of drug-likeness (QED) is 0.933. The molecule has 3 atom stereocenters. The Morgan fingerprint density at radius 1 is 1.21 bits per heavy atom. The number of aliphatic carboxylic acids is 1. The van der Waals surface area contributed by atoms with Gasteiger partial charge in [0.25, 0.3) is 0 Å². The van der Waals surface area contributed by atoms with Crippen molar-refractivity contribution in [2.24, 2.45) is 5.92 Å². The van der Waals surface area contributed by atoms with Crippen molar-refractivity contribution < 1.29 is 14.7 Å². The van der Waals surface area contributed by atoms with Crippen LogP contribution in [0.25, 0.3) is 0 Å². The molecule has 2 aromatic rings. The molecule has 4 rings (SSSR count). The number of hydrogen-bond acceptors (Lipinski definition) is 3. The van der Waals surface area contributed by atoms with Crippen LogP contribution in [0.4, 0.5) is 0 Å². The van der Waals surface area contributed by atoms with Crippen LogP contribution >= 0.6 is 11.3 Å². The molecule has 4 nitrogen and oxygen atoms in total. The minimum Gasteiger partial charge on any atom is -0.480 e. The Morgan fingerprint density at radius 3 is 2.62 bits per heavy atom. The maximum Gasteiger partial charge on any atom is 0.326 e. The lowest BCUT2D eigenvalue weighted by molar-refractivity contribution is -0.152. The minimum atomic E-state index is -0.914. The first kappa shape index (κ1) is 15.4. The van der Waals surface area contributed by atoms with E-state index >= 15 is 0 Å². The SMILES string of the molecule is Cc1ccsc1[C@@H]1C[C@H]1C(=O)N1Cc2ccccc2C[C@@H]1C(=O)O. The molecule has 5 heteroatoms. The van der Waals surface area contributed by atoms with E-state index in [1.807, 2.05) is 24.3 Å². The fourth-order valence-corrected chi connectivity index (χ4v) is 4.82. The summed E-state index contributed by atoms with van der Waals surface area (Å²) in [5.74, 6) is -0.712. The van der Waals surface area contributed by atoms with Crippen LogP contribution < -0.4 is 0 Å². The summed E-state index contributed by atoms with van der Waals surface area (Å²) in [6.07, 6.45) is 1.23. The van der Waals surface area contributed by atoms with Crippen molar-refractivity contribution in [1.29, 1.82) is 0 Å². The zero-order chi connectivity index (χ0) is 16.8. The molecule has 24 heavy (non-hydrogen) atoms. The van der Waals surface area contributed by atoms with Crippen molar-refractivity contribution in [2.75, 3.05) is 0 Å². The molecule has 2 heterocycles. The second-order valence-electron chi connectivity index (χ2n) is 6.71. The van der Waals surface area contributed by atoms with Gasteiger partial charge in [-0.05, 0) is 41.5 Å². The highest BCUT2D eigenvalue weighted by Gasteiger charge is 2.49. The molecule has 1 aromatic carbocycles. The summed E-state index contributed by atoms with van der Waals surface area (Å²) in [5, 5.41) is 11.6. The van der Waals surface area contributed by atoms with E-state index in [-0.39, 0.29) is 17.7 Å². The summed E-state index contributed by atoms with van der Waals surface area (Å²) >= 11 is 1.70. The fraction of sp³-hybridized carbons (Fsp3) is 0.368. The molecule has 1 fully saturated rings. The number of carboxylic acids is 1. The number of carbonyl (C=O) groups is 2. The van der Waals surface area contributed by atoms with Gasteiger partial charge in [-0.2, -0.15) is 0 Å². The highest BCUT2D eigenvalue weighted by atomic mass is 32.1. The maximum atomic E-state index is 13.0. The first-order chi connectivity index (χ1) is 11.6. The first-order valence-electron chi connectivity index (χ1n) is 8.20. The largest absolute Gasteiger partial charge is 0.480 e. The second-order valence-corrected chi connectivity index (χ2v) is 7.66. The van der Waals surface area contributed by atoms with Gasteiger partial charge in [0, 0.05) is 29.7 Å².